The second-order valence-corrected chi connectivity index (χ2v) is 6.99. The number of carbonyl (C=O) groups is 1. The largest absolute Gasteiger partial charge is 0.355 e. The first-order chi connectivity index (χ1) is 7.25. The number of rotatable bonds is 7. The Morgan fingerprint density at radius 3 is 2.38 bits per heavy atom. The Hall–Kier alpha value is -0.0900. The van der Waals surface area contributed by atoms with E-state index in [1.807, 2.05) is 13.8 Å². The molecule has 0 aromatic heterocycles. The second kappa shape index (κ2) is 7.28. The average molecular weight is 293 g/mol. The van der Waals surface area contributed by atoms with E-state index < -0.39 is 4.32 Å². The minimum absolute atomic E-state index is 0.0599. The van der Waals surface area contributed by atoms with Gasteiger partial charge in [0.2, 0.25) is 5.91 Å². The number of hydrogen-bond acceptors (Lipinski definition) is 2. The van der Waals surface area contributed by atoms with Crippen LogP contribution >= 0.6 is 15.9 Å². The monoisotopic (exact) mass is 292 g/mol. The molecular formula is C12H25BrN2O. The zero-order valence-corrected chi connectivity index (χ0v) is 12.7. The molecule has 0 bridgehead atoms. The SMILES string of the molecule is CC(C)N(C)CCCCNC(=O)C(C)(C)Br. The summed E-state index contributed by atoms with van der Waals surface area (Å²) in [4.78, 5) is 13.8. The lowest BCUT2D eigenvalue weighted by atomic mass is 10.2. The van der Waals surface area contributed by atoms with Crippen molar-refractivity contribution in [1.29, 1.82) is 0 Å². The number of unbranched alkanes of at least 4 members (excludes halogenated alkanes) is 1. The minimum Gasteiger partial charge on any atom is -0.355 e. The van der Waals surface area contributed by atoms with Gasteiger partial charge in [-0.1, -0.05) is 15.9 Å². The molecular weight excluding hydrogens is 268 g/mol. The highest BCUT2D eigenvalue weighted by molar-refractivity contribution is 9.10. The Morgan fingerprint density at radius 1 is 1.38 bits per heavy atom. The quantitative estimate of drug-likeness (QED) is 0.577. The molecule has 0 radical (unpaired) electrons. The Morgan fingerprint density at radius 2 is 1.94 bits per heavy atom. The third-order valence-corrected chi connectivity index (χ3v) is 3.00. The number of amides is 1. The van der Waals surface area contributed by atoms with E-state index >= 15 is 0 Å². The average Bonchev–Trinajstić information content (AvgIpc) is 2.14. The topological polar surface area (TPSA) is 32.3 Å². The Labute approximate surface area is 108 Å². The minimum atomic E-state index is -0.457. The van der Waals surface area contributed by atoms with E-state index in [0.29, 0.717) is 6.04 Å². The lowest BCUT2D eigenvalue weighted by Gasteiger charge is -2.21. The lowest BCUT2D eigenvalue weighted by Crippen LogP contribution is -2.38. The van der Waals surface area contributed by atoms with Gasteiger partial charge in [0, 0.05) is 12.6 Å². The second-order valence-electron chi connectivity index (χ2n) is 5.01. The van der Waals surface area contributed by atoms with Crippen LogP contribution in [0, 0.1) is 0 Å². The van der Waals surface area contributed by atoms with Crippen molar-refractivity contribution in [3.63, 3.8) is 0 Å². The van der Waals surface area contributed by atoms with E-state index in [1.54, 1.807) is 0 Å². The van der Waals surface area contributed by atoms with Gasteiger partial charge in [0.25, 0.3) is 0 Å². The number of nitrogens with one attached hydrogen (secondary N) is 1. The lowest BCUT2D eigenvalue weighted by molar-refractivity contribution is -0.122. The third kappa shape index (κ3) is 7.23. The molecule has 16 heavy (non-hydrogen) atoms. The van der Waals surface area contributed by atoms with Crippen molar-refractivity contribution in [2.45, 2.75) is 50.9 Å². The summed E-state index contributed by atoms with van der Waals surface area (Å²) < 4.78 is -0.457. The number of alkyl halides is 1. The molecule has 1 N–H and O–H groups in total. The molecule has 1 amide bonds. The van der Waals surface area contributed by atoms with Crippen LogP contribution in [0.15, 0.2) is 0 Å². The van der Waals surface area contributed by atoms with Gasteiger partial charge in [-0.05, 0) is 54.1 Å². The summed E-state index contributed by atoms with van der Waals surface area (Å²) in [7, 11) is 2.13. The van der Waals surface area contributed by atoms with Crippen LogP contribution in [0.2, 0.25) is 0 Å². The number of carbonyl (C=O) groups excluding carboxylic acids is 1. The molecule has 96 valence electrons. The van der Waals surface area contributed by atoms with E-state index in [2.05, 4.69) is 47.0 Å². The molecule has 3 nitrogen and oxygen atoms in total. The Kier molecular flexibility index (Phi) is 7.24. The standard InChI is InChI=1S/C12H25BrN2O/c1-10(2)15(5)9-7-6-8-14-11(16)12(3,4)13/h10H,6-9H2,1-5H3,(H,14,16). The van der Waals surface area contributed by atoms with Gasteiger partial charge in [-0.15, -0.1) is 0 Å². The van der Waals surface area contributed by atoms with Crippen molar-refractivity contribution in [2.75, 3.05) is 20.1 Å². The fourth-order valence-corrected chi connectivity index (χ4v) is 1.30. The first-order valence-electron chi connectivity index (χ1n) is 5.92. The molecule has 0 spiro atoms. The summed E-state index contributed by atoms with van der Waals surface area (Å²) in [6.07, 6.45) is 2.16. The molecule has 0 saturated heterocycles. The summed E-state index contributed by atoms with van der Waals surface area (Å²) in [6, 6.07) is 0.594. The molecule has 0 atom stereocenters. The van der Waals surface area contributed by atoms with Gasteiger partial charge in [-0.25, -0.2) is 0 Å². The van der Waals surface area contributed by atoms with Crippen molar-refractivity contribution in [3.8, 4) is 0 Å². The van der Waals surface area contributed by atoms with Gasteiger partial charge in [-0.2, -0.15) is 0 Å². The van der Waals surface area contributed by atoms with Gasteiger partial charge in [-0.3, -0.25) is 4.79 Å². The summed E-state index contributed by atoms with van der Waals surface area (Å²) in [6.45, 7) is 9.94. The van der Waals surface area contributed by atoms with Crippen LogP contribution in [0.4, 0.5) is 0 Å². The molecule has 0 aliphatic rings. The summed E-state index contributed by atoms with van der Waals surface area (Å²) in [5, 5.41) is 2.92. The molecule has 0 rings (SSSR count). The first kappa shape index (κ1) is 15.9. The van der Waals surface area contributed by atoms with Crippen LogP contribution in [-0.4, -0.2) is 41.3 Å². The molecule has 0 aromatic carbocycles. The van der Waals surface area contributed by atoms with Crippen LogP contribution in [0.5, 0.6) is 0 Å². The van der Waals surface area contributed by atoms with Crippen LogP contribution in [0.1, 0.15) is 40.5 Å². The van der Waals surface area contributed by atoms with Crippen LogP contribution in [-0.2, 0) is 4.79 Å². The zero-order valence-electron chi connectivity index (χ0n) is 11.1. The van der Waals surface area contributed by atoms with Crippen LogP contribution < -0.4 is 5.32 Å². The highest BCUT2D eigenvalue weighted by atomic mass is 79.9. The van der Waals surface area contributed by atoms with Gasteiger partial charge in [0.05, 0.1) is 4.32 Å². The summed E-state index contributed by atoms with van der Waals surface area (Å²) in [5.74, 6) is 0.0599. The Bertz CT molecular complexity index is 212. The fourth-order valence-electron chi connectivity index (χ4n) is 1.16. The van der Waals surface area contributed by atoms with E-state index in [1.165, 1.54) is 0 Å². The molecule has 0 aliphatic carbocycles. The van der Waals surface area contributed by atoms with Gasteiger partial charge < -0.3 is 10.2 Å². The molecule has 0 heterocycles. The van der Waals surface area contributed by atoms with Crippen molar-refractivity contribution < 1.29 is 4.79 Å². The molecule has 0 unspecified atom stereocenters. The number of hydrogen-bond donors (Lipinski definition) is 1. The van der Waals surface area contributed by atoms with E-state index in [9.17, 15) is 4.79 Å². The van der Waals surface area contributed by atoms with Crippen molar-refractivity contribution in [2.24, 2.45) is 0 Å². The van der Waals surface area contributed by atoms with Gasteiger partial charge >= 0.3 is 0 Å². The maximum Gasteiger partial charge on any atom is 0.236 e. The maximum atomic E-state index is 11.5. The van der Waals surface area contributed by atoms with Crippen LogP contribution in [0.3, 0.4) is 0 Å². The molecule has 0 fully saturated rings. The molecule has 0 saturated carbocycles. The molecule has 0 aromatic rings. The van der Waals surface area contributed by atoms with Crippen molar-refractivity contribution in [1.82, 2.24) is 10.2 Å². The van der Waals surface area contributed by atoms with Crippen molar-refractivity contribution in [3.05, 3.63) is 0 Å². The van der Waals surface area contributed by atoms with Crippen LogP contribution in [0.25, 0.3) is 0 Å². The fraction of sp³-hybridized carbons (Fsp3) is 0.917. The predicted molar refractivity (Wildman–Crippen MR) is 73.0 cm³/mol. The van der Waals surface area contributed by atoms with E-state index in [4.69, 9.17) is 0 Å². The maximum absolute atomic E-state index is 11.5. The molecule has 4 heteroatoms. The first-order valence-corrected chi connectivity index (χ1v) is 6.72. The van der Waals surface area contributed by atoms with Gasteiger partial charge in [0.1, 0.15) is 0 Å². The summed E-state index contributed by atoms with van der Waals surface area (Å²) in [5.41, 5.74) is 0. The Balaban J connectivity index is 3.52. The normalized spacial score (nSPS) is 12.2. The van der Waals surface area contributed by atoms with Gasteiger partial charge in [0.15, 0.2) is 0 Å². The van der Waals surface area contributed by atoms with E-state index in [0.717, 1.165) is 25.9 Å². The van der Waals surface area contributed by atoms with Crippen molar-refractivity contribution >= 4 is 21.8 Å². The highest BCUT2D eigenvalue weighted by Gasteiger charge is 2.22. The summed E-state index contributed by atoms with van der Waals surface area (Å²) >= 11 is 3.34. The smallest absolute Gasteiger partial charge is 0.236 e. The van der Waals surface area contributed by atoms with E-state index in [-0.39, 0.29) is 5.91 Å². The number of nitrogens with zero attached hydrogens (tertiary/aromatic N) is 1. The number of halogens is 1. The molecule has 0 aliphatic heterocycles. The predicted octanol–water partition coefficient (Wildman–Crippen LogP) is 2.40. The zero-order chi connectivity index (χ0) is 12.8. The third-order valence-electron chi connectivity index (χ3n) is 2.64. The highest BCUT2D eigenvalue weighted by Crippen LogP contribution is 2.15.